The van der Waals surface area contributed by atoms with Gasteiger partial charge in [0, 0.05) is 26.7 Å². The quantitative estimate of drug-likeness (QED) is 0.710. The van der Waals surface area contributed by atoms with Gasteiger partial charge in [0.15, 0.2) is 0 Å². The summed E-state index contributed by atoms with van der Waals surface area (Å²) in [6, 6.07) is 0.0565. The van der Waals surface area contributed by atoms with Crippen LogP contribution < -0.4 is 5.32 Å². The molecule has 1 saturated heterocycles. The number of hydrogen-bond acceptors (Lipinski definition) is 4. The predicted molar refractivity (Wildman–Crippen MR) is 72.7 cm³/mol. The van der Waals surface area contributed by atoms with E-state index in [1.165, 1.54) is 4.90 Å². The summed E-state index contributed by atoms with van der Waals surface area (Å²) in [7, 11) is 3.39. The molecule has 2 amide bonds. The first-order valence-corrected chi connectivity index (χ1v) is 6.81. The van der Waals surface area contributed by atoms with Gasteiger partial charge in [-0.05, 0) is 13.5 Å². The average Bonchev–Trinajstić information content (AvgIpc) is 2.83. The maximum Gasteiger partial charge on any atom is 0.241 e. The summed E-state index contributed by atoms with van der Waals surface area (Å²) in [4.78, 5) is 27.3. The van der Waals surface area contributed by atoms with E-state index in [0.29, 0.717) is 19.8 Å². The molecule has 0 saturated carbocycles. The van der Waals surface area contributed by atoms with Crippen molar-refractivity contribution in [2.24, 2.45) is 5.92 Å². The first-order valence-electron chi connectivity index (χ1n) is 6.81. The first-order chi connectivity index (χ1) is 9.01. The van der Waals surface area contributed by atoms with E-state index in [2.05, 4.69) is 5.32 Å². The molecular weight excluding hydrogens is 246 g/mol. The monoisotopic (exact) mass is 271 g/mol. The summed E-state index contributed by atoms with van der Waals surface area (Å²) < 4.78 is 5.39. The third-order valence-corrected chi connectivity index (χ3v) is 3.38. The molecule has 0 bridgehead atoms. The minimum Gasteiger partial charge on any atom is -0.379 e. The van der Waals surface area contributed by atoms with E-state index >= 15 is 0 Å². The van der Waals surface area contributed by atoms with Gasteiger partial charge in [0.1, 0.15) is 0 Å². The van der Waals surface area contributed by atoms with E-state index in [0.717, 1.165) is 6.54 Å². The Bertz CT molecular complexity index is 320. The molecule has 1 heterocycles. The number of hydrogen-bond donors (Lipinski definition) is 1. The lowest BCUT2D eigenvalue weighted by Crippen LogP contribution is -2.48. The average molecular weight is 271 g/mol. The molecule has 0 aromatic heterocycles. The Morgan fingerprint density at radius 3 is 2.47 bits per heavy atom. The molecule has 6 heteroatoms. The molecule has 0 aromatic rings. The fourth-order valence-corrected chi connectivity index (χ4v) is 2.15. The molecule has 2 atom stereocenters. The summed E-state index contributed by atoms with van der Waals surface area (Å²) in [5.74, 6) is -0.245. The van der Waals surface area contributed by atoms with Crippen LogP contribution in [0.5, 0.6) is 0 Å². The lowest BCUT2D eigenvalue weighted by molar-refractivity contribution is -0.142. The molecule has 0 aromatic carbocycles. The maximum atomic E-state index is 12.5. The number of rotatable bonds is 6. The third-order valence-electron chi connectivity index (χ3n) is 3.38. The zero-order chi connectivity index (χ0) is 14.4. The number of amides is 2. The number of carbonyl (C=O) groups is 2. The molecule has 2 unspecified atom stereocenters. The largest absolute Gasteiger partial charge is 0.379 e. The highest BCUT2D eigenvalue weighted by Gasteiger charge is 2.36. The second-order valence-electron chi connectivity index (χ2n) is 4.95. The van der Waals surface area contributed by atoms with E-state index in [1.54, 1.807) is 19.0 Å². The highest BCUT2D eigenvalue weighted by molar-refractivity contribution is 5.86. The van der Waals surface area contributed by atoms with E-state index in [4.69, 9.17) is 4.74 Å². The number of ether oxygens (including phenoxy) is 1. The number of carbonyl (C=O) groups excluding carboxylic acids is 2. The lowest BCUT2D eigenvalue weighted by atomic mass is 10.0. The topological polar surface area (TPSA) is 61.9 Å². The molecule has 0 aliphatic carbocycles. The second kappa shape index (κ2) is 7.45. The van der Waals surface area contributed by atoms with Gasteiger partial charge in [-0.25, -0.2) is 0 Å². The van der Waals surface area contributed by atoms with Crippen LogP contribution >= 0.6 is 0 Å². The van der Waals surface area contributed by atoms with Crippen LogP contribution in [0.25, 0.3) is 0 Å². The van der Waals surface area contributed by atoms with E-state index in [1.807, 2.05) is 13.8 Å². The van der Waals surface area contributed by atoms with Gasteiger partial charge in [-0.3, -0.25) is 9.59 Å². The van der Waals surface area contributed by atoms with Crippen molar-refractivity contribution in [3.8, 4) is 0 Å². The van der Waals surface area contributed by atoms with Crippen molar-refractivity contribution in [2.45, 2.75) is 19.9 Å². The Morgan fingerprint density at radius 1 is 1.26 bits per heavy atom. The molecular formula is C13H25N3O3. The van der Waals surface area contributed by atoms with Crippen LogP contribution in [0.2, 0.25) is 0 Å². The minimum atomic E-state index is -0.185. The van der Waals surface area contributed by atoms with Crippen LogP contribution in [0.1, 0.15) is 13.8 Å². The first kappa shape index (κ1) is 15.9. The number of nitrogens with zero attached hydrogens (tertiary/aromatic N) is 2. The SMILES string of the molecule is CCNC1COCC1C(=O)N(CC)CC(=O)N(C)C. The highest BCUT2D eigenvalue weighted by Crippen LogP contribution is 2.16. The van der Waals surface area contributed by atoms with Gasteiger partial charge >= 0.3 is 0 Å². The normalized spacial score (nSPS) is 22.3. The Balaban J connectivity index is 2.64. The van der Waals surface area contributed by atoms with Crippen molar-refractivity contribution in [2.75, 3.05) is 46.9 Å². The van der Waals surface area contributed by atoms with E-state index in [9.17, 15) is 9.59 Å². The molecule has 0 radical (unpaired) electrons. The summed E-state index contributed by atoms with van der Waals surface area (Å²) in [5.41, 5.74) is 0. The van der Waals surface area contributed by atoms with E-state index < -0.39 is 0 Å². The Morgan fingerprint density at radius 2 is 1.95 bits per heavy atom. The molecule has 1 fully saturated rings. The standard InChI is InChI=1S/C13H25N3O3/c1-5-14-11-9-19-8-10(11)13(18)16(6-2)7-12(17)15(3)4/h10-11,14H,5-9H2,1-4H3. The third kappa shape index (κ3) is 4.18. The molecule has 6 nitrogen and oxygen atoms in total. The molecule has 1 aliphatic heterocycles. The molecule has 1 aliphatic rings. The van der Waals surface area contributed by atoms with Crippen LogP contribution in [0.3, 0.4) is 0 Å². The summed E-state index contributed by atoms with van der Waals surface area (Å²) in [6.07, 6.45) is 0. The van der Waals surface area contributed by atoms with Crippen molar-refractivity contribution in [3.05, 3.63) is 0 Å². The highest BCUT2D eigenvalue weighted by atomic mass is 16.5. The summed E-state index contributed by atoms with van der Waals surface area (Å²) in [5, 5.41) is 3.26. The number of nitrogens with one attached hydrogen (secondary N) is 1. The lowest BCUT2D eigenvalue weighted by Gasteiger charge is -2.27. The van der Waals surface area contributed by atoms with E-state index in [-0.39, 0.29) is 30.3 Å². The smallest absolute Gasteiger partial charge is 0.241 e. The Labute approximate surface area is 115 Å². The minimum absolute atomic E-state index is 0.00106. The predicted octanol–water partition coefficient (Wildman–Crippen LogP) is -0.452. The zero-order valence-corrected chi connectivity index (χ0v) is 12.3. The van der Waals surface area contributed by atoms with Gasteiger partial charge in [0.05, 0.1) is 25.7 Å². The summed E-state index contributed by atoms with van der Waals surface area (Å²) >= 11 is 0. The maximum absolute atomic E-state index is 12.5. The van der Waals surface area contributed by atoms with Gasteiger partial charge in [-0.1, -0.05) is 6.92 Å². The van der Waals surface area contributed by atoms with Crippen molar-refractivity contribution in [1.29, 1.82) is 0 Å². The zero-order valence-electron chi connectivity index (χ0n) is 12.3. The van der Waals surface area contributed by atoms with Gasteiger partial charge in [0.25, 0.3) is 0 Å². The fourth-order valence-electron chi connectivity index (χ4n) is 2.15. The second-order valence-corrected chi connectivity index (χ2v) is 4.95. The van der Waals surface area contributed by atoms with Gasteiger partial charge in [-0.15, -0.1) is 0 Å². The van der Waals surface area contributed by atoms with Crippen molar-refractivity contribution < 1.29 is 14.3 Å². The number of likely N-dealkylation sites (N-methyl/N-ethyl adjacent to an activating group) is 3. The van der Waals surface area contributed by atoms with Crippen LogP contribution in [0.4, 0.5) is 0 Å². The van der Waals surface area contributed by atoms with Crippen LogP contribution in [-0.2, 0) is 14.3 Å². The van der Waals surface area contributed by atoms with Crippen LogP contribution in [-0.4, -0.2) is 74.6 Å². The molecule has 1 N–H and O–H groups in total. The van der Waals surface area contributed by atoms with Crippen molar-refractivity contribution >= 4 is 11.8 Å². The molecule has 1 rings (SSSR count). The van der Waals surface area contributed by atoms with Gasteiger partial charge in [-0.2, -0.15) is 0 Å². The fraction of sp³-hybridized carbons (Fsp3) is 0.846. The van der Waals surface area contributed by atoms with Crippen LogP contribution in [0, 0.1) is 5.92 Å². The molecule has 0 spiro atoms. The summed E-state index contributed by atoms with van der Waals surface area (Å²) in [6.45, 7) is 6.37. The Kier molecular flexibility index (Phi) is 6.24. The van der Waals surface area contributed by atoms with Crippen molar-refractivity contribution in [1.82, 2.24) is 15.1 Å². The molecule has 110 valence electrons. The molecule has 19 heavy (non-hydrogen) atoms. The van der Waals surface area contributed by atoms with Gasteiger partial charge in [0.2, 0.25) is 11.8 Å². The Hall–Kier alpha value is -1.14. The van der Waals surface area contributed by atoms with Crippen LogP contribution in [0.15, 0.2) is 0 Å². The van der Waals surface area contributed by atoms with Gasteiger partial charge < -0.3 is 19.9 Å². The van der Waals surface area contributed by atoms with Crippen molar-refractivity contribution in [3.63, 3.8) is 0 Å².